The van der Waals surface area contributed by atoms with E-state index in [0.717, 1.165) is 30.0 Å². The fraction of sp³-hybridized carbons (Fsp3) is 0.462. The van der Waals surface area contributed by atoms with Crippen LogP contribution >= 0.6 is 0 Å². The molecule has 2 heterocycles. The summed E-state index contributed by atoms with van der Waals surface area (Å²) in [6.45, 7) is 6.34. The molecular formula is C13H19N5. The van der Waals surface area contributed by atoms with Crippen LogP contribution in [0, 0.1) is 0 Å². The van der Waals surface area contributed by atoms with Crippen molar-refractivity contribution in [3.05, 3.63) is 30.5 Å². The van der Waals surface area contributed by atoms with Crippen LogP contribution in [0.4, 0.5) is 11.5 Å². The molecule has 0 unspecified atom stereocenters. The lowest BCUT2D eigenvalue weighted by molar-refractivity contribution is 0.532. The molecule has 0 aliphatic rings. The van der Waals surface area contributed by atoms with Gasteiger partial charge in [-0.05, 0) is 20.3 Å². The van der Waals surface area contributed by atoms with Crippen LogP contribution in [0.5, 0.6) is 0 Å². The quantitative estimate of drug-likeness (QED) is 0.880. The first-order chi connectivity index (χ1) is 8.69. The Balaban J connectivity index is 2.10. The van der Waals surface area contributed by atoms with Gasteiger partial charge in [0.05, 0.1) is 11.9 Å². The molecule has 0 aliphatic carbocycles. The number of nitrogens with zero attached hydrogens (tertiary/aromatic N) is 4. The van der Waals surface area contributed by atoms with Crippen molar-refractivity contribution >= 4 is 11.5 Å². The number of hydrogen-bond acceptors (Lipinski definition) is 4. The molecule has 2 aromatic heterocycles. The number of nitrogens with one attached hydrogen (secondary N) is 1. The lowest BCUT2D eigenvalue weighted by atomic mass is 10.2. The first-order valence-electron chi connectivity index (χ1n) is 6.31. The van der Waals surface area contributed by atoms with Crippen molar-refractivity contribution in [3.8, 4) is 0 Å². The van der Waals surface area contributed by atoms with Gasteiger partial charge in [-0.2, -0.15) is 5.10 Å². The second-order valence-electron chi connectivity index (χ2n) is 4.57. The fourth-order valence-corrected chi connectivity index (χ4v) is 1.69. The molecule has 0 bridgehead atoms. The van der Waals surface area contributed by atoms with E-state index in [1.165, 1.54) is 0 Å². The van der Waals surface area contributed by atoms with Crippen LogP contribution in [0.25, 0.3) is 0 Å². The summed E-state index contributed by atoms with van der Waals surface area (Å²) in [6.07, 6.45) is 7.44. The highest BCUT2D eigenvalue weighted by Gasteiger charge is 2.03. The average Bonchev–Trinajstić information content (AvgIpc) is 2.78. The van der Waals surface area contributed by atoms with Gasteiger partial charge in [-0.3, -0.25) is 4.68 Å². The van der Waals surface area contributed by atoms with Gasteiger partial charge in [0.15, 0.2) is 0 Å². The highest BCUT2D eigenvalue weighted by molar-refractivity contribution is 5.53. The molecule has 2 rings (SSSR count). The molecule has 0 aliphatic heterocycles. The van der Waals surface area contributed by atoms with Crippen molar-refractivity contribution in [2.75, 3.05) is 5.32 Å². The van der Waals surface area contributed by atoms with Crippen LogP contribution in [0.15, 0.2) is 24.8 Å². The van der Waals surface area contributed by atoms with Crippen molar-refractivity contribution in [2.45, 2.75) is 39.7 Å². The van der Waals surface area contributed by atoms with Crippen LogP contribution < -0.4 is 5.32 Å². The molecular weight excluding hydrogens is 226 g/mol. The van der Waals surface area contributed by atoms with Gasteiger partial charge >= 0.3 is 0 Å². The Morgan fingerprint density at radius 2 is 2.17 bits per heavy atom. The Hall–Kier alpha value is -1.91. The highest BCUT2D eigenvalue weighted by atomic mass is 15.3. The van der Waals surface area contributed by atoms with Crippen LogP contribution in [0.3, 0.4) is 0 Å². The topological polar surface area (TPSA) is 55.6 Å². The van der Waals surface area contributed by atoms with Gasteiger partial charge in [0.2, 0.25) is 0 Å². The van der Waals surface area contributed by atoms with Gasteiger partial charge < -0.3 is 5.32 Å². The van der Waals surface area contributed by atoms with Gasteiger partial charge in [0.1, 0.15) is 12.1 Å². The van der Waals surface area contributed by atoms with E-state index in [0.29, 0.717) is 6.04 Å². The van der Waals surface area contributed by atoms with Gasteiger partial charge in [0.25, 0.3) is 0 Å². The van der Waals surface area contributed by atoms with Crippen LogP contribution in [0.2, 0.25) is 0 Å². The lowest BCUT2D eigenvalue weighted by Gasteiger charge is -2.05. The summed E-state index contributed by atoms with van der Waals surface area (Å²) in [7, 11) is 0. The zero-order valence-electron chi connectivity index (χ0n) is 11.1. The summed E-state index contributed by atoms with van der Waals surface area (Å²) >= 11 is 0. The molecule has 1 N–H and O–H groups in total. The molecule has 0 spiro atoms. The van der Waals surface area contributed by atoms with E-state index in [4.69, 9.17) is 0 Å². The van der Waals surface area contributed by atoms with Gasteiger partial charge in [-0.15, -0.1) is 0 Å². The molecule has 0 saturated carbocycles. The number of anilines is 2. The molecule has 0 saturated heterocycles. The second kappa shape index (κ2) is 5.62. The van der Waals surface area contributed by atoms with Crippen LogP contribution in [-0.4, -0.2) is 19.7 Å². The van der Waals surface area contributed by atoms with Crippen LogP contribution in [-0.2, 0) is 6.42 Å². The molecule has 96 valence electrons. The van der Waals surface area contributed by atoms with E-state index in [9.17, 15) is 0 Å². The van der Waals surface area contributed by atoms with E-state index in [-0.39, 0.29) is 0 Å². The number of rotatable bonds is 5. The van der Waals surface area contributed by atoms with E-state index >= 15 is 0 Å². The third-order valence-corrected chi connectivity index (χ3v) is 2.63. The molecule has 18 heavy (non-hydrogen) atoms. The maximum absolute atomic E-state index is 4.28. The van der Waals surface area contributed by atoms with Gasteiger partial charge in [-0.25, -0.2) is 9.97 Å². The molecule has 5 nitrogen and oxygen atoms in total. The summed E-state index contributed by atoms with van der Waals surface area (Å²) in [4.78, 5) is 8.44. The lowest BCUT2D eigenvalue weighted by Crippen LogP contribution is -2.00. The van der Waals surface area contributed by atoms with Crippen molar-refractivity contribution in [1.82, 2.24) is 19.7 Å². The first-order valence-corrected chi connectivity index (χ1v) is 6.31. The maximum Gasteiger partial charge on any atom is 0.134 e. The van der Waals surface area contributed by atoms with E-state index in [2.05, 4.69) is 41.2 Å². The Morgan fingerprint density at radius 1 is 1.33 bits per heavy atom. The average molecular weight is 245 g/mol. The Morgan fingerprint density at radius 3 is 2.83 bits per heavy atom. The smallest absolute Gasteiger partial charge is 0.134 e. The SMILES string of the molecule is CCCc1cc(Nc2cnn(C(C)C)c2)ncn1. The molecule has 2 aromatic rings. The van der Waals surface area contributed by atoms with E-state index < -0.39 is 0 Å². The number of aryl methyl sites for hydroxylation is 1. The normalized spacial score (nSPS) is 10.9. The van der Waals surface area contributed by atoms with Crippen molar-refractivity contribution in [1.29, 1.82) is 0 Å². The summed E-state index contributed by atoms with van der Waals surface area (Å²) in [5.74, 6) is 0.816. The molecule has 5 heteroatoms. The molecule has 0 atom stereocenters. The first kappa shape index (κ1) is 12.5. The Kier molecular flexibility index (Phi) is 3.92. The predicted octanol–water partition coefficient (Wildman–Crippen LogP) is 2.95. The van der Waals surface area contributed by atoms with Crippen molar-refractivity contribution in [2.24, 2.45) is 0 Å². The van der Waals surface area contributed by atoms with Crippen molar-refractivity contribution in [3.63, 3.8) is 0 Å². The van der Waals surface area contributed by atoms with Crippen LogP contribution in [0.1, 0.15) is 38.9 Å². The van der Waals surface area contributed by atoms with Crippen molar-refractivity contribution < 1.29 is 0 Å². The summed E-state index contributed by atoms with van der Waals surface area (Å²) in [6, 6.07) is 2.34. The zero-order valence-corrected chi connectivity index (χ0v) is 11.1. The number of aromatic nitrogens is 4. The number of hydrogen-bond donors (Lipinski definition) is 1. The standard InChI is InChI=1S/C13H19N5/c1-4-5-11-6-13(15-9-14-11)17-12-7-16-18(8-12)10(2)3/h6-10H,4-5H2,1-3H3,(H,14,15,17). The van der Waals surface area contributed by atoms with Gasteiger partial charge in [0, 0.05) is 24.0 Å². The minimum atomic E-state index is 0.363. The predicted molar refractivity (Wildman–Crippen MR) is 71.9 cm³/mol. The minimum absolute atomic E-state index is 0.363. The Labute approximate surface area is 107 Å². The summed E-state index contributed by atoms with van der Waals surface area (Å²) in [5, 5.41) is 7.52. The molecule has 0 radical (unpaired) electrons. The monoisotopic (exact) mass is 245 g/mol. The Bertz CT molecular complexity index is 504. The molecule has 0 fully saturated rings. The zero-order chi connectivity index (χ0) is 13.0. The maximum atomic E-state index is 4.28. The van der Waals surface area contributed by atoms with E-state index in [1.807, 2.05) is 23.1 Å². The molecule has 0 amide bonds. The minimum Gasteiger partial charge on any atom is -0.338 e. The summed E-state index contributed by atoms with van der Waals surface area (Å²) < 4.78 is 1.91. The fourth-order valence-electron chi connectivity index (χ4n) is 1.69. The van der Waals surface area contributed by atoms with E-state index in [1.54, 1.807) is 6.33 Å². The summed E-state index contributed by atoms with van der Waals surface area (Å²) in [5.41, 5.74) is 2.01. The second-order valence-corrected chi connectivity index (χ2v) is 4.57. The third-order valence-electron chi connectivity index (χ3n) is 2.63. The molecule has 0 aromatic carbocycles. The van der Waals surface area contributed by atoms with Gasteiger partial charge in [-0.1, -0.05) is 13.3 Å². The largest absolute Gasteiger partial charge is 0.338 e. The highest BCUT2D eigenvalue weighted by Crippen LogP contribution is 2.15. The third kappa shape index (κ3) is 3.06.